The van der Waals surface area contributed by atoms with Crippen LogP contribution in [0.25, 0.3) is 0 Å². The Bertz CT molecular complexity index is 1180. The van der Waals surface area contributed by atoms with Gasteiger partial charge in [-0.2, -0.15) is 0 Å². The van der Waals surface area contributed by atoms with Gasteiger partial charge in [-0.15, -0.1) is 0 Å². The molecule has 0 saturated heterocycles. The summed E-state index contributed by atoms with van der Waals surface area (Å²) in [7, 11) is -4.07. The molecule has 0 heterocycles. The minimum Gasteiger partial charge on any atom is -0.348 e. The van der Waals surface area contributed by atoms with Gasteiger partial charge in [0.25, 0.3) is 10.0 Å². The van der Waals surface area contributed by atoms with E-state index in [0.717, 1.165) is 16.3 Å². The number of sulfonamides is 1. The minimum absolute atomic E-state index is 0.0482. The van der Waals surface area contributed by atoms with E-state index >= 15 is 0 Å². The van der Waals surface area contributed by atoms with Crippen LogP contribution in [0.4, 0.5) is 5.69 Å². The fourth-order valence-corrected chi connectivity index (χ4v) is 5.13. The van der Waals surface area contributed by atoms with Crippen molar-refractivity contribution in [2.24, 2.45) is 0 Å². The maximum Gasteiger partial charge on any atom is 0.264 e. The molecule has 0 fully saturated rings. The van der Waals surface area contributed by atoms with E-state index in [9.17, 15) is 13.2 Å². The normalized spacial score (nSPS) is 12.2. The second-order valence-electron chi connectivity index (χ2n) is 7.30. The number of nitrogens with zero attached hydrogens (tertiary/aromatic N) is 1. The molecule has 32 heavy (non-hydrogen) atoms. The maximum atomic E-state index is 13.4. The number of amides is 1. The SMILES string of the molecule is CCc1ccc([C@@H](C)NC(=O)CN(c2cc(Cl)ccc2Cl)S(=O)(=O)c2ccccc2)cc1. The molecule has 0 bridgehead atoms. The number of carbonyl (C=O) groups excluding carboxylic acids is 1. The Morgan fingerprint density at radius 1 is 1.00 bits per heavy atom. The summed E-state index contributed by atoms with van der Waals surface area (Å²) in [5.74, 6) is -0.465. The van der Waals surface area contributed by atoms with Crippen LogP contribution < -0.4 is 9.62 Å². The van der Waals surface area contributed by atoms with Gasteiger partial charge in [0, 0.05) is 5.02 Å². The molecule has 0 unspecified atom stereocenters. The van der Waals surface area contributed by atoms with E-state index in [2.05, 4.69) is 12.2 Å². The number of nitrogens with one attached hydrogen (secondary N) is 1. The fraction of sp³-hybridized carbons (Fsp3) is 0.208. The maximum absolute atomic E-state index is 13.4. The molecule has 5 nitrogen and oxygen atoms in total. The molecule has 168 valence electrons. The van der Waals surface area contributed by atoms with Gasteiger partial charge in [-0.05, 0) is 54.8 Å². The van der Waals surface area contributed by atoms with Crippen molar-refractivity contribution in [3.63, 3.8) is 0 Å². The molecule has 0 aliphatic carbocycles. The molecule has 1 N–H and O–H groups in total. The van der Waals surface area contributed by atoms with E-state index < -0.39 is 22.5 Å². The number of carbonyl (C=O) groups is 1. The van der Waals surface area contributed by atoms with Gasteiger partial charge in [-0.3, -0.25) is 9.10 Å². The molecule has 0 aromatic heterocycles. The summed E-state index contributed by atoms with van der Waals surface area (Å²) in [6.45, 7) is 3.47. The molecule has 0 spiro atoms. The van der Waals surface area contributed by atoms with Crippen molar-refractivity contribution >= 4 is 44.8 Å². The van der Waals surface area contributed by atoms with Crippen LogP contribution in [0.2, 0.25) is 10.0 Å². The number of hydrogen-bond acceptors (Lipinski definition) is 3. The van der Waals surface area contributed by atoms with Gasteiger partial charge in [0.2, 0.25) is 5.91 Å². The van der Waals surface area contributed by atoms with Crippen LogP contribution in [0.15, 0.2) is 77.7 Å². The van der Waals surface area contributed by atoms with E-state index in [1.807, 2.05) is 31.2 Å². The summed E-state index contributed by atoms with van der Waals surface area (Å²) < 4.78 is 27.8. The zero-order valence-corrected chi connectivity index (χ0v) is 20.1. The lowest BCUT2D eigenvalue weighted by Gasteiger charge is -2.26. The Kier molecular flexibility index (Phi) is 7.82. The zero-order chi connectivity index (χ0) is 23.3. The van der Waals surface area contributed by atoms with Crippen LogP contribution in [0.5, 0.6) is 0 Å². The van der Waals surface area contributed by atoms with Gasteiger partial charge < -0.3 is 5.32 Å². The first kappa shape index (κ1) is 24.1. The molecule has 0 saturated carbocycles. The van der Waals surface area contributed by atoms with Crippen molar-refractivity contribution in [2.75, 3.05) is 10.8 Å². The lowest BCUT2D eigenvalue weighted by molar-refractivity contribution is -0.120. The number of benzene rings is 3. The second-order valence-corrected chi connectivity index (χ2v) is 10.0. The third kappa shape index (κ3) is 5.63. The van der Waals surface area contributed by atoms with E-state index in [1.165, 1.54) is 29.8 Å². The molecular weight excluding hydrogens is 467 g/mol. The fourth-order valence-electron chi connectivity index (χ4n) is 3.24. The summed E-state index contributed by atoms with van der Waals surface area (Å²) in [5.41, 5.74) is 2.26. The number of rotatable bonds is 8. The summed E-state index contributed by atoms with van der Waals surface area (Å²) >= 11 is 12.4. The predicted molar refractivity (Wildman–Crippen MR) is 130 cm³/mol. The number of anilines is 1. The summed E-state index contributed by atoms with van der Waals surface area (Å²) in [6, 6.07) is 20.0. The lowest BCUT2D eigenvalue weighted by atomic mass is 10.1. The highest BCUT2D eigenvalue weighted by Gasteiger charge is 2.29. The van der Waals surface area contributed by atoms with Crippen LogP contribution in [0.1, 0.15) is 31.0 Å². The Hall–Kier alpha value is -2.54. The highest BCUT2D eigenvalue weighted by molar-refractivity contribution is 7.92. The number of hydrogen-bond donors (Lipinski definition) is 1. The molecule has 3 rings (SSSR count). The van der Waals surface area contributed by atoms with Crippen LogP contribution in [-0.4, -0.2) is 20.9 Å². The average molecular weight is 491 g/mol. The first-order chi connectivity index (χ1) is 15.2. The van der Waals surface area contributed by atoms with Crippen molar-refractivity contribution in [3.05, 3.63) is 94.0 Å². The largest absolute Gasteiger partial charge is 0.348 e. The first-order valence-corrected chi connectivity index (χ1v) is 12.3. The van der Waals surface area contributed by atoms with Gasteiger partial charge in [0.05, 0.1) is 21.6 Å². The average Bonchev–Trinajstić information content (AvgIpc) is 2.79. The second kappa shape index (κ2) is 10.4. The first-order valence-electron chi connectivity index (χ1n) is 10.1. The third-order valence-corrected chi connectivity index (χ3v) is 7.39. The Labute approximate surface area is 199 Å². The van der Waals surface area contributed by atoms with Crippen molar-refractivity contribution < 1.29 is 13.2 Å². The summed E-state index contributed by atoms with van der Waals surface area (Å²) in [5, 5.41) is 3.35. The van der Waals surface area contributed by atoms with E-state index in [0.29, 0.717) is 5.02 Å². The van der Waals surface area contributed by atoms with Gasteiger partial charge in [-0.1, -0.05) is 72.6 Å². The molecule has 1 amide bonds. The van der Waals surface area contributed by atoms with E-state index in [-0.39, 0.29) is 21.6 Å². The Balaban J connectivity index is 1.90. The van der Waals surface area contributed by atoms with Gasteiger partial charge in [-0.25, -0.2) is 8.42 Å². The monoisotopic (exact) mass is 490 g/mol. The molecule has 0 aliphatic heterocycles. The number of halogens is 2. The molecular formula is C24H24Cl2N2O3S. The molecule has 8 heteroatoms. The molecule has 1 atom stereocenters. The number of aryl methyl sites for hydroxylation is 1. The van der Waals surface area contributed by atoms with Crippen LogP contribution in [0.3, 0.4) is 0 Å². The van der Waals surface area contributed by atoms with Crippen molar-refractivity contribution in [2.45, 2.75) is 31.2 Å². The van der Waals surface area contributed by atoms with Crippen molar-refractivity contribution in [3.8, 4) is 0 Å². The highest BCUT2D eigenvalue weighted by Crippen LogP contribution is 2.33. The van der Waals surface area contributed by atoms with Gasteiger partial charge in [0.1, 0.15) is 6.54 Å². The van der Waals surface area contributed by atoms with E-state index in [4.69, 9.17) is 23.2 Å². The van der Waals surface area contributed by atoms with Gasteiger partial charge >= 0.3 is 0 Å². The molecule has 0 aliphatic rings. The van der Waals surface area contributed by atoms with Crippen molar-refractivity contribution in [1.82, 2.24) is 5.32 Å². The minimum atomic E-state index is -4.07. The molecule has 0 radical (unpaired) electrons. The lowest BCUT2D eigenvalue weighted by Crippen LogP contribution is -2.41. The van der Waals surface area contributed by atoms with Crippen molar-refractivity contribution in [1.29, 1.82) is 0 Å². The molecule has 3 aromatic rings. The summed E-state index contributed by atoms with van der Waals surface area (Å²) in [6.07, 6.45) is 0.924. The zero-order valence-electron chi connectivity index (χ0n) is 17.8. The van der Waals surface area contributed by atoms with Gasteiger partial charge in [0.15, 0.2) is 0 Å². The van der Waals surface area contributed by atoms with E-state index in [1.54, 1.807) is 24.3 Å². The third-order valence-electron chi connectivity index (χ3n) is 5.06. The standard InChI is InChI=1S/C24H24Cl2N2O3S/c1-3-18-9-11-19(12-10-18)17(2)27-24(29)16-28(23-15-20(25)13-14-22(23)26)32(30,31)21-7-5-4-6-8-21/h4-15,17H,3,16H2,1-2H3,(H,27,29)/t17-/m1/s1. The predicted octanol–water partition coefficient (Wildman–Crippen LogP) is 5.63. The van der Waals surface area contributed by atoms with Crippen LogP contribution in [0, 0.1) is 0 Å². The van der Waals surface area contributed by atoms with Crippen LogP contribution >= 0.6 is 23.2 Å². The Morgan fingerprint density at radius 3 is 2.28 bits per heavy atom. The quantitative estimate of drug-likeness (QED) is 0.444. The highest BCUT2D eigenvalue weighted by atomic mass is 35.5. The summed E-state index contributed by atoms with van der Waals surface area (Å²) in [4.78, 5) is 13.0. The van der Waals surface area contributed by atoms with Crippen LogP contribution in [-0.2, 0) is 21.2 Å². The molecule has 3 aromatic carbocycles. The topological polar surface area (TPSA) is 66.5 Å². The Morgan fingerprint density at radius 2 is 1.66 bits per heavy atom. The smallest absolute Gasteiger partial charge is 0.264 e.